The third kappa shape index (κ3) is 4.10. The summed E-state index contributed by atoms with van der Waals surface area (Å²) < 4.78 is 31.3. The van der Waals surface area contributed by atoms with Crippen LogP contribution >= 0.6 is 0 Å². The van der Waals surface area contributed by atoms with Crippen LogP contribution < -0.4 is 5.32 Å². The first kappa shape index (κ1) is 15.6. The van der Waals surface area contributed by atoms with Crippen LogP contribution in [0.3, 0.4) is 0 Å². The number of alkyl halides is 2. The lowest BCUT2D eigenvalue weighted by Gasteiger charge is -2.24. The number of halogens is 2. The molecule has 116 valence electrons. The SMILES string of the molecule is COCCN1CCCN(C(=O)C2CC(F)(F)CN2)CC1. The Hall–Kier alpha value is -0.790. The van der Waals surface area contributed by atoms with E-state index in [4.69, 9.17) is 4.74 Å². The molecule has 2 aliphatic rings. The van der Waals surface area contributed by atoms with E-state index in [1.165, 1.54) is 0 Å². The van der Waals surface area contributed by atoms with Crippen LogP contribution in [0.4, 0.5) is 8.78 Å². The van der Waals surface area contributed by atoms with Gasteiger partial charge in [-0.2, -0.15) is 0 Å². The molecule has 1 N–H and O–H groups in total. The minimum absolute atomic E-state index is 0.184. The highest BCUT2D eigenvalue weighted by molar-refractivity contribution is 5.82. The zero-order valence-corrected chi connectivity index (χ0v) is 11.9. The first-order valence-electron chi connectivity index (χ1n) is 7.13. The zero-order valence-electron chi connectivity index (χ0n) is 11.9. The van der Waals surface area contributed by atoms with Gasteiger partial charge in [0.1, 0.15) is 0 Å². The molecule has 2 heterocycles. The fourth-order valence-corrected chi connectivity index (χ4v) is 2.75. The topological polar surface area (TPSA) is 44.8 Å². The standard InChI is InChI=1S/C13H23F2N3O2/c1-20-8-7-17-3-2-4-18(6-5-17)12(19)11-9-13(14,15)10-16-11/h11,16H,2-10H2,1H3. The van der Waals surface area contributed by atoms with Crippen molar-refractivity contribution in [2.45, 2.75) is 24.8 Å². The number of hydrogen-bond donors (Lipinski definition) is 1. The summed E-state index contributed by atoms with van der Waals surface area (Å²) in [5.74, 6) is -2.94. The second-order valence-corrected chi connectivity index (χ2v) is 5.51. The molecule has 7 heteroatoms. The molecule has 0 bridgehead atoms. The van der Waals surface area contributed by atoms with E-state index >= 15 is 0 Å². The van der Waals surface area contributed by atoms with Crippen molar-refractivity contribution in [1.82, 2.24) is 15.1 Å². The lowest BCUT2D eigenvalue weighted by Crippen LogP contribution is -2.45. The smallest absolute Gasteiger partial charge is 0.262 e. The summed E-state index contributed by atoms with van der Waals surface area (Å²) in [6, 6.07) is -0.726. The van der Waals surface area contributed by atoms with Gasteiger partial charge in [0.25, 0.3) is 5.92 Å². The van der Waals surface area contributed by atoms with Crippen LogP contribution in [0.1, 0.15) is 12.8 Å². The normalized spacial score (nSPS) is 27.6. The van der Waals surface area contributed by atoms with Gasteiger partial charge in [-0.3, -0.25) is 15.0 Å². The number of nitrogens with zero attached hydrogens (tertiary/aromatic N) is 2. The molecule has 0 aromatic rings. The number of carbonyl (C=O) groups is 1. The summed E-state index contributed by atoms with van der Waals surface area (Å²) in [6.45, 7) is 4.07. The highest BCUT2D eigenvalue weighted by Gasteiger charge is 2.43. The molecule has 2 fully saturated rings. The average molecular weight is 291 g/mol. The Labute approximate surface area is 118 Å². The Morgan fingerprint density at radius 2 is 2.15 bits per heavy atom. The second-order valence-electron chi connectivity index (χ2n) is 5.51. The largest absolute Gasteiger partial charge is 0.383 e. The van der Waals surface area contributed by atoms with Gasteiger partial charge in [-0.05, 0) is 13.0 Å². The van der Waals surface area contributed by atoms with Gasteiger partial charge in [-0.25, -0.2) is 8.78 Å². The molecule has 1 atom stereocenters. The van der Waals surface area contributed by atoms with Crippen molar-refractivity contribution in [3.8, 4) is 0 Å². The first-order valence-corrected chi connectivity index (χ1v) is 7.13. The van der Waals surface area contributed by atoms with Crippen LogP contribution in [-0.2, 0) is 9.53 Å². The summed E-state index contributed by atoms with van der Waals surface area (Å²) in [4.78, 5) is 16.2. The van der Waals surface area contributed by atoms with Gasteiger partial charge in [-0.1, -0.05) is 0 Å². The molecule has 0 radical (unpaired) electrons. The van der Waals surface area contributed by atoms with Crippen LogP contribution in [0.25, 0.3) is 0 Å². The van der Waals surface area contributed by atoms with Gasteiger partial charge in [-0.15, -0.1) is 0 Å². The molecular weight excluding hydrogens is 268 g/mol. The summed E-state index contributed by atoms with van der Waals surface area (Å²) in [5, 5.41) is 2.64. The van der Waals surface area contributed by atoms with E-state index in [0.29, 0.717) is 19.7 Å². The van der Waals surface area contributed by atoms with Crippen molar-refractivity contribution in [3.63, 3.8) is 0 Å². The highest BCUT2D eigenvalue weighted by Crippen LogP contribution is 2.26. The Bertz CT molecular complexity index is 342. The maximum absolute atomic E-state index is 13.1. The number of rotatable bonds is 4. The number of hydrogen-bond acceptors (Lipinski definition) is 4. The predicted octanol–water partition coefficient (Wildman–Crippen LogP) is 0.164. The second kappa shape index (κ2) is 6.78. The van der Waals surface area contributed by atoms with Crippen LogP contribution in [0.2, 0.25) is 0 Å². The van der Waals surface area contributed by atoms with E-state index in [-0.39, 0.29) is 12.3 Å². The number of methoxy groups -OCH3 is 1. The Morgan fingerprint density at radius 1 is 1.35 bits per heavy atom. The molecule has 2 rings (SSSR count). The van der Waals surface area contributed by atoms with Gasteiger partial charge in [0.2, 0.25) is 5.91 Å². The Balaban J connectivity index is 1.82. The van der Waals surface area contributed by atoms with Crippen LogP contribution in [0.15, 0.2) is 0 Å². The molecular formula is C13H23F2N3O2. The Morgan fingerprint density at radius 3 is 2.80 bits per heavy atom. The van der Waals surface area contributed by atoms with E-state index in [0.717, 1.165) is 26.1 Å². The highest BCUT2D eigenvalue weighted by atomic mass is 19.3. The molecule has 2 aliphatic heterocycles. The molecule has 1 unspecified atom stereocenters. The van der Waals surface area contributed by atoms with E-state index in [1.807, 2.05) is 0 Å². The van der Waals surface area contributed by atoms with Crippen molar-refractivity contribution in [3.05, 3.63) is 0 Å². The molecule has 2 saturated heterocycles. The monoisotopic (exact) mass is 291 g/mol. The zero-order chi connectivity index (χ0) is 14.6. The number of nitrogens with one attached hydrogen (secondary N) is 1. The molecule has 20 heavy (non-hydrogen) atoms. The summed E-state index contributed by atoms with van der Waals surface area (Å²) in [5.41, 5.74) is 0. The molecule has 5 nitrogen and oxygen atoms in total. The minimum atomic E-state index is -2.75. The number of carbonyl (C=O) groups excluding carboxylic acids is 1. The maximum Gasteiger partial charge on any atom is 0.262 e. The first-order chi connectivity index (χ1) is 9.52. The maximum atomic E-state index is 13.1. The van der Waals surface area contributed by atoms with Crippen LogP contribution in [0.5, 0.6) is 0 Å². The van der Waals surface area contributed by atoms with Crippen molar-refractivity contribution in [1.29, 1.82) is 0 Å². The van der Waals surface area contributed by atoms with Crippen molar-refractivity contribution >= 4 is 5.91 Å². The average Bonchev–Trinajstić information content (AvgIpc) is 2.64. The molecule has 0 aromatic heterocycles. The third-order valence-corrected chi connectivity index (χ3v) is 3.92. The van der Waals surface area contributed by atoms with Crippen LogP contribution in [-0.4, -0.2) is 80.7 Å². The minimum Gasteiger partial charge on any atom is -0.383 e. The number of ether oxygens (including phenoxy) is 1. The van der Waals surface area contributed by atoms with Gasteiger partial charge < -0.3 is 9.64 Å². The van der Waals surface area contributed by atoms with Crippen molar-refractivity contribution < 1.29 is 18.3 Å². The van der Waals surface area contributed by atoms with Crippen molar-refractivity contribution in [2.75, 3.05) is 53.0 Å². The third-order valence-electron chi connectivity index (χ3n) is 3.92. The van der Waals surface area contributed by atoms with Gasteiger partial charge in [0.05, 0.1) is 19.2 Å². The number of amides is 1. The molecule has 0 aromatic carbocycles. The van der Waals surface area contributed by atoms with E-state index < -0.39 is 18.5 Å². The van der Waals surface area contributed by atoms with Gasteiger partial charge in [0, 0.05) is 39.7 Å². The van der Waals surface area contributed by atoms with E-state index in [1.54, 1.807) is 12.0 Å². The molecule has 0 spiro atoms. The fraction of sp³-hybridized carbons (Fsp3) is 0.923. The quantitative estimate of drug-likeness (QED) is 0.802. The molecule has 1 amide bonds. The lowest BCUT2D eigenvalue weighted by atomic mass is 10.1. The predicted molar refractivity (Wildman–Crippen MR) is 70.9 cm³/mol. The van der Waals surface area contributed by atoms with Crippen LogP contribution in [0, 0.1) is 0 Å². The van der Waals surface area contributed by atoms with Gasteiger partial charge >= 0.3 is 0 Å². The fourth-order valence-electron chi connectivity index (χ4n) is 2.75. The van der Waals surface area contributed by atoms with E-state index in [2.05, 4.69) is 10.2 Å². The van der Waals surface area contributed by atoms with E-state index in [9.17, 15) is 13.6 Å². The summed E-state index contributed by atoms with van der Waals surface area (Å²) in [7, 11) is 1.67. The Kier molecular flexibility index (Phi) is 5.29. The van der Waals surface area contributed by atoms with Gasteiger partial charge in [0.15, 0.2) is 0 Å². The summed E-state index contributed by atoms with van der Waals surface area (Å²) in [6.07, 6.45) is 0.494. The molecule has 0 aliphatic carbocycles. The lowest BCUT2D eigenvalue weighted by molar-refractivity contribution is -0.133. The van der Waals surface area contributed by atoms with Crippen molar-refractivity contribution in [2.24, 2.45) is 0 Å². The summed E-state index contributed by atoms with van der Waals surface area (Å²) >= 11 is 0. The molecule has 0 saturated carbocycles.